The van der Waals surface area contributed by atoms with Gasteiger partial charge in [-0.1, -0.05) is 48.5 Å². The van der Waals surface area contributed by atoms with E-state index in [0.29, 0.717) is 41.1 Å². The summed E-state index contributed by atoms with van der Waals surface area (Å²) in [5.41, 5.74) is 2.59. The Bertz CT molecular complexity index is 1370. The summed E-state index contributed by atoms with van der Waals surface area (Å²) in [5, 5.41) is 8.72. The van der Waals surface area contributed by atoms with E-state index in [2.05, 4.69) is 4.98 Å². The molecule has 4 aromatic rings. The van der Waals surface area contributed by atoms with E-state index in [1.165, 1.54) is 0 Å². The first-order valence-corrected chi connectivity index (χ1v) is 12.8. The van der Waals surface area contributed by atoms with Gasteiger partial charge in [-0.3, -0.25) is 9.36 Å². The zero-order valence-electron chi connectivity index (χ0n) is 18.6. The molecule has 176 valence electrons. The van der Waals surface area contributed by atoms with E-state index in [1.807, 2.05) is 48.5 Å². The molecule has 0 fully saturated rings. The summed E-state index contributed by atoms with van der Waals surface area (Å²) < 4.78 is 34.4. The largest absolute Gasteiger partial charge is 0.494 e. The minimum absolute atomic E-state index is 0.0108. The number of aromatic nitrogens is 2. The van der Waals surface area contributed by atoms with E-state index in [-0.39, 0.29) is 17.3 Å². The molecule has 0 bridgehead atoms. The van der Waals surface area contributed by atoms with Crippen molar-refractivity contribution in [3.8, 4) is 11.4 Å². The van der Waals surface area contributed by atoms with Crippen LogP contribution in [-0.2, 0) is 20.4 Å². The lowest BCUT2D eigenvalue weighted by Crippen LogP contribution is -2.12. The molecule has 0 amide bonds. The Hall–Kier alpha value is -3.65. The van der Waals surface area contributed by atoms with Crippen molar-refractivity contribution in [2.24, 2.45) is 0 Å². The van der Waals surface area contributed by atoms with Crippen LogP contribution in [0.3, 0.4) is 0 Å². The van der Waals surface area contributed by atoms with E-state index in [4.69, 9.17) is 9.84 Å². The molecule has 8 heteroatoms. The van der Waals surface area contributed by atoms with Crippen molar-refractivity contribution in [3.63, 3.8) is 0 Å². The lowest BCUT2D eigenvalue weighted by molar-refractivity contribution is -0.137. The Morgan fingerprint density at radius 1 is 0.912 bits per heavy atom. The number of rotatable bonds is 11. The van der Waals surface area contributed by atoms with Crippen LogP contribution in [0.15, 0.2) is 84.0 Å². The molecular weight excluding hydrogens is 452 g/mol. The Balaban J connectivity index is 1.65. The van der Waals surface area contributed by atoms with Crippen LogP contribution in [0.1, 0.15) is 31.2 Å². The fourth-order valence-corrected chi connectivity index (χ4v) is 5.24. The fraction of sp³-hybridized carbons (Fsp3) is 0.231. The van der Waals surface area contributed by atoms with Crippen LogP contribution < -0.4 is 4.74 Å². The molecule has 1 aromatic heterocycles. The van der Waals surface area contributed by atoms with E-state index in [1.54, 1.807) is 34.9 Å². The predicted molar refractivity (Wildman–Crippen MR) is 130 cm³/mol. The van der Waals surface area contributed by atoms with Crippen LogP contribution in [0.2, 0.25) is 0 Å². The van der Waals surface area contributed by atoms with Crippen molar-refractivity contribution in [1.29, 1.82) is 0 Å². The number of para-hydroxylation sites is 1. The molecule has 0 saturated carbocycles. The van der Waals surface area contributed by atoms with Crippen molar-refractivity contribution in [3.05, 3.63) is 84.4 Å². The average Bonchev–Trinajstić information content (AvgIpc) is 3.22. The molecule has 0 atom stereocenters. The quantitative estimate of drug-likeness (QED) is 0.304. The highest BCUT2D eigenvalue weighted by molar-refractivity contribution is 7.90. The van der Waals surface area contributed by atoms with E-state index in [9.17, 15) is 13.2 Å². The van der Waals surface area contributed by atoms with Crippen LogP contribution in [0.5, 0.6) is 5.75 Å². The molecule has 0 radical (unpaired) electrons. The number of ether oxygens (including phenoxy) is 1. The van der Waals surface area contributed by atoms with Crippen molar-refractivity contribution < 1.29 is 23.1 Å². The van der Waals surface area contributed by atoms with Crippen LogP contribution in [-0.4, -0.2) is 35.7 Å². The number of hydrogen-bond donors (Lipinski definition) is 1. The third-order valence-corrected chi connectivity index (χ3v) is 6.93. The number of aliphatic carboxylic acids is 1. The summed E-state index contributed by atoms with van der Waals surface area (Å²) in [6, 6.07) is 23.7. The van der Waals surface area contributed by atoms with Crippen molar-refractivity contribution in [2.75, 3.05) is 6.61 Å². The number of sulfone groups is 1. The number of carbonyl (C=O) groups is 1. The van der Waals surface area contributed by atoms with Gasteiger partial charge in [-0.15, -0.1) is 0 Å². The molecule has 0 aliphatic rings. The van der Waals surface area contributed by atoms with Gasteiger partial charge in [0, 0.05) is 18.2 Å². The lowest BCUT2D eigenvalue weighted by Gasteiger charge is -2.11. The zero-order valence-corrected chi connectivity index (χ0v) is 19.4. The molecule has 0 saturated heterocycles. The zero-order chi connectivity index (χ0) is 24.0. The standard InChI is InChI=1S/C26H26N2O5S/c29-25(30)14-8-3-9-17-33-22-15-16-23-24(18-22)28(21-12-6-2-7-13-21)26(27-23)34(31,32)19-20-10-4-1-5-11-20/h1-2,4-7,10-13,15-16,18H,3,8-9,14,17,19H2,(H,29,30). The van der Waals surface area contributed by atoms with Gasteiger partial charge in [0.2, 0.25) is 15.0 Å². The Labute approximate surface area is 198 Å². The normalized spacial score (nSPS) is 11.5. The van der Waals surface area contributed by atoms with Gasteiger partial charge in [-0.05, 0) is 49.1 Å². The molecule has 3 aromatic carbocycles. The molecular formula is C26H26N2O5S. The van der Waals surface area contributed by atoms with Gasteiger partial charge in [0.25, 0.3) is 0 Å². The van der Waals surface area contributed by atoms with Crippen molar-refractivity contribution in [1.82, 2.24) is 9.55 Å². The van der Waals surface area contributed by atoms with Crippen LogP contribution in [0, 0.1) is 0 Å². The number of carboxylic acids is 1. The maximum Gasteiger partial charge on any atom is 0.303 e. The first-order valence-electron chi connectivity index (χ1n) is 11.1. The molecule has 0 unspecified atom stereocenters. The summed E-state index contributed by atoms with van der Waals surface area (Å²) in [5.74, 6) is -0.336. The number of hydrogen-bond acceptors (Lipinski definition) is 5. The number of imidazole rings is 1. The maximum atomic E-state index is 13.4. The molecule has 1 heterocycles. The monoisotopic (exact) mass is 478 g/mol. The molecule has 4 rings (SSSR count). The smallest absolute Gasteiger partial charge is 0.303 e. The fourth-order valence-electron chi connectivity index (χ4n) is 3.76. The minimum atomic E-state index is -3.74. The summed E-state index contributed by atoms with van der Waals surface area (Å²) >= 11 is 0. The van der Waals surface area contributed by atoms with Gasteiger partial charge in [-0.25, -0.2) is 13.4 Å². The highest BCUT2D eigenvalue weighted by Gasteiger charge is 2.25. The first kappa shape index (κ1) is 23.5. The highest BCUT2D eigenvalue weighted by Crippen LogP contribution is 2.29. The second-order valence-electron chi connectivity index (χ2n) is 8.01. The second kappa shape index (κ2) is 10.5. The van der Waals surface area contributed by atoms with Crippen LogP contribution in [0.25, 0.3) is 16.7 Å². The second-order valence-corrected chi connectivity index (χ2v) is 9.90. The van der Waals surface area contributed by atoms with Crippen molar-refractivity contribution in [2.45, 2.75) is 36.6 Å². The van der Waals surface area contributed by atoms with Crippen LogP contribution in [0.4, 0.5) is 0 Å². The van der Waals surface area contributed by atoms with Gasteiger partial charge >= 0.3 is 5.97 Å². The number of unbranched alkanes of at least 4 members (excludes halogenated alkanes) is 2. The van der Waals surface area contributed by atoms with E-state index >= 15 is 0 Å². The number of nitrogens with zero attached hydrogens (tertiary/aromatic N) is 2. The SMILES string of the molecule is O=C(O)CCCCCOc1ccc2nc(S(=O)(=O)Cc3ccccc3)n(-c3ccccc3)c2c1. The van der Waals surface area contributed by atoms with Gasteiger partial charge in [0.1, 0.15) is 5.75 Å². The third kappa shape index (κ3) is 5.63. The van der Waals surface area contributed by atoms with Gasteiger partial charge in [-0.2, -0.15) is 0 Å². The highest BCUT2D eigenvalue weighted by atomic mass is 32.2. The van der Waals surface area contributed by atoms with Crippen molar-refractivity contribution >= 4 is 26.8 Å². The number of fused-ring (bicyclic) bond motifs is 1. The topological polar surface area (TPSA) is 98.5 Å². The molecule has 7 nitrogen and oxygen atoms in total. The number of benzene rings is 3. The molecule has 1 N–H and O–H groups in total. The lowest BCUT2D eigenvalue weighted by atomic mass is 10.2. The van der Waals surface area contributed by atoms with Gasteiger partial charge in [0.05, 0.1) is 23.4 Å². The molecule has 34 heavy (non-hydrogen) atoms. The first-order chi connectivity index (χ1) is 16.4. The Kier molecular flexibility index (Phi) is 7.27. The molecule has 0 aliphatic heterocycles. The van der Waals surface area contributed by atoms with E-state index in [0.717, 1.165) is 12.8 Å². The molecule has 0 spiro atoms. The van der Waals surface area contributed by atoms with Crippen LogP contribution >= 0.6 is 0 Å². The Morgan fingerprint density at radius 2 is 1.62 bits per heavy atom. The Morgan fingerprint density at radius 3 is 2.32 bits per heavy atom. The summed E-state index contributed by atoms with van der Waals surface area (Å²) in [7, 11) is -3.74. The number of carboxylic acid groups (broad SMARTS) is 1. The van der Waals surface area contributed by atoms with Gasteiger partial charge < -0.3 is 9.84 Å². The third-order valence-electron chi connectivity index (χ3n) is 5.39. The summed E-state index contributed by atoms with van der Waals surface area (Å²) in [6.07, 6.45) is 2.27. The summed E-state index contributed by atoms with van der Waals surface area (Å²) in [4.78, 5) is 15.1. The van der Waals surface area contributed by atoms with E-state index < -0.39 is 15.8 Å². The maximum absolute atomic E-state index is 13.4. The predicted octanol–water partition coefficient (Wildman–Crippen LogP) is 5.02. The average molecular weight is 479 g/mol. The molecule has 0 aliphatic carbocycles. The van der Waals surface area contributed by atoms with Gasteiger partial charge in [0.15, 0.2) is 0 Å². The summed E-state index contributed by atoms with van der Waals surface area (Å²) in [6.45, 7) is 0.448. The minimum Gasteiger partial charge on any atom is -0.494 e.